The van der Waals surface area contributed by atoms with Crippen molar-refractivity contribution < 1.29 is 4.79 Å². The summed E-state index contributed by atoms with van der Waals surface area (Å²) in [5.74, 6) is 1.42. The minimum atomic E-state index is -0.424. The number of hydrogen-bond acceptors (Lipinski definition) is 3. The Balaban J connectivity index is 0.00000400. The fourth-order valence-electron chi connectivity index (χ4n) is 2.04. The van der Waals surface area contributed by atoms with Crippen LogP contribution in [0.15, 0.2) is 29.2 Å². The highest BCUT2D eigenvalue weighted by atomic mass is 35.5. The van der Waals surface area contributed by atoms with Crippen molar-refractivity contribution in [3.8, 4) is 0 Å². The number of rotatable bonds is 7. The van der Waals surface area contributed by atoms with Gasteiger partial charge in [-0.1, -0.05) is 32.9 Å². The highest BCUT2D eigenvalue weighted by Crippen LogP contribution is 2.20. The van der Waals surface area contributed by atoms with Gasteiger partial charge in [-0.15, -0.1) is 24.2 Å². The predicted octanol–water partition coefficient (Wildman–Crippen LogP) is 3.77. The zero-order chi connectivity index (χ0) is 15.1. The molecule has 0 fully saturated rings. The summed E-state index contributed by atoms with van der Waals surface area (Å²) in [6.45, 7) is 8.26. The molecule has 0 heterocycles. The molecule has 1 aromatic carbocycles. The van der Waals surface area contributed by atoms with Crippen molar-refractivity contribution in [2.45, 2.75) is 51.1 Å². The predicted molar refractivity (Wildman–Crippen MR) is 94.1 cm³/mol. The third kappa shape index (κ3) is 7.21. The van der Waals surface area contributed by atoms with E-state index in [-0.39, 0.29) is 24.4 Å². The lowest BCUT2D eigenvalue weighted by atomic mass is 10.0. The molecule has 1 amide bonds. The van der Waals surface area contributed by atoms with Crippen molar-refractivity contribution in [1.82, 2.24) is 5.32 Å². The number of halogens is 1. The molecule has 21 heavy (non-hydrogen) atoms. The Labute approximate surface area is 138 Å². The number of benzene rings is 1. The molecule has 0 aliphatic heterocycles. The second kappa shape index (κ2) is 10.1. The van der Waals surface area contributed by atoms with Crippen molar-refractivity contribution in [3.63, 3.8) is 0 Å². The highest BCUT2D eigenvalue weighted by Gasteiger charge is 2.17. The zero-order valence-corrected chi connectivity index (χ0v) is 14.9. The maximum Gasteiger partial charge on any atom is 0.237 e. The molecular formula is C16H27ClN2OS. The van der Waals surface area contributed by atoms with Gasteiger partial charge >= 0.3 is 0 Å². The van der Waals surface area contributed by atoms with E-state index in [9.17, 15) is 4.79 Å². The summed E-state index contributed by atoms with van der Waals surface area (Å²) in [6, 6.07) is 7.89. The van der Waals surface area contributed by atoms with Gasteiger partial charge in [0.05, 0.1) is 12.1 Å². The Morgan fingerprint density at radius 1 is 1.24 bits per heavy atom. The monoisotopic (exact) mass is 330 g/mol. The SMILES string of the molecule is CCSc1ccc(C(C)NC(=O)[C@@H](N)CC(C)C)cc1.Cl. The van der Waals surface area contributed by atoms with Gasteiger partial charge in [-0.2, -0.15) is 0 Å². The number of carbonyl (C=O) groups is 1. The van der Waals surface area contributed by atoms with E-state index in [1.54, 1.807) is 0 Å². The molecule has 1 aromatic rings. The zero-order valence-electron chi connectivity index (χ0n) is 13.3. The van der Waals surface area contributed by atoms with Gasteiger partial charge < -0.3 is 11.1 Å². The summed E-state index contributed by atoms with van der Waals surface area (Å²) in [6.07, 6.45) is 0.713. The van der Waals surface area contributed by atoms with E-state index in [0.717, 1.165) is 11.3 Å². The van der Waals surface area contributed by atoms with E-state index < -0.39 is 6.04 Å². The number of hydrogen-bond donors (Lipinski definition) is 2. The van der Waals surface area contributed by atoms with Crippen LogP contribution < -0.4 is 11.1 Å². The third-order valence-corrected chi connectivity index (χ3v) is 4.01. The molecule has 0 spiro atoms. The molecule has 5 heteroatoms. The minimum absolute atomic E-state index is 0. The Morgan fingerprint density at radius 3 is 2.29 bits per heavy atom. The molecule has 3 nitrogen and oxygen atoms in total. The first-order valence-electron chi connectivity index (χ1n) is 7.22. The summed E-state index contributed by atoms with van der Waals surface area (Å²) in [7, 11) is 0. The normalized spacial score (nSPS) is 13.4. The largest absolute Gasteiger partial charge is 0.348 e. The molecule has 0 aliphatic rings. The molecule has 0 radical (unpaired) electrons. The van der Waals surface area contributed by atoms with Crippen LogP contribution in [0.1, 0.15) is 45.7 Å². The maximum absolute atomic E-state index is 12.0. The van der Waals surface area contributed by atoms with Crippen molar-refractivity contribution in [2.24, 2.45) is 11.7 Å². The van der Waals surface area contributed by atoms with Crippen LogP contribution >= 0.6 is 24.2 Å². The lowest BCUT2D eigenvalue weighted by Gasteiger charge is -2.19. The number of thioether (sulfide) groups is 1. The highest BCUT2D eigenvalue weighted by molar-refractivity contribution is 7.99. The van der Waals surface area contributed by atoms with E-state index in [4.69, 9.17) is 5.73 Å². The average molecular weight is 331 g/mol. The Hall–Kier alpha value is -0.710. The lowest BCUT2D eigenvalue weighted by molar-refractivity contribution is -0.123. The first-order chi connectivity index (χ1) is 9.43. The Bertz CT molecular complexity index is 423. The smallest absolute Gasteiger partial charge is 0.237 e. The van der Waals surface area contributed by atoms with Crippen LogP contribution in [0.5, 0.6) is 0 Å². The molecule has 0 aliphatic carbocycles. The molecule has 0 saturated heterocycles. The fraction of sp³-hybridized carbons (Fsp3) is 0.562. The fourth-order valence-corrected chi connectivity index (χ4v) is 2.70. The molecule has 0 aromatic heterocycles. The van der Waals surface area contributed by atoms with E-state index >= 15 is 0 Å². The summed E-state index contributed by atoms with van der Waals surface area (Å²) < 4.78 is 0. The van der Waals surface area contributed by atoms with Crippen LogP contribution in [0, 0.1) is 5.92 Å². The van der Waals surface area contributed by atoms with Gasteiger partial charge in [-0.3, -0.25) is 4.79 Å². The van der Waals surface area contributed by atoms with Gasteiger partial charge in [0.15, 0.2) is 0 Å². The number of amides is 1. The molecule has 2 atom stereocenters. The quantitative estimate of drug-likeness (QED) is 0.748. The summed E-state index contributed by atoms with van der Waals surface area (Å²) >= 11 is 1.81. The van der Waals surface area contributed by atoms with Gasteiger partial charge in [0, 0.05) is 4.90 Å². The van der Waals surface area contributed by atoms with Crippen LogP contribution in [0.4, 0.5) is 0 Å². The molecular weight excluding hydrogens is 304 g/mol. The van der Waals surface area contributed by atoms with Gasteiger partial charge in [-0.05, 0) is 42.7 Å². The summed E-state index contributed by atoms with van der Waals surface area (Å²) in [5, 5.41) is 2.98. The molecule has 3 N–H and O–H groups in total. The van der Waals surface area contributed by atoms with Crippen LogP contribution in [-0.2, 0) is 4.79 Å². The van der Waals surface area contributed by atoms with Crippen LogP contribution in [0.3, 0.4) is 0 Å². The van der Waals surface area contributed by atoms with Crippen LogP contribution in [0.25, 0.3) is 0 Å². The van der Waals surface area contributed by atoms with Crippen molar-refractivity contribution in [3.05, 3.63) is 29.8 Å². The van der Waals surface area contributed by atoms with Gasteiger partial charge in [-0.25, -0.2) is 0 Å². The summed E-state index contributed by atoms with van der Waals surface area (Å²) in [4.78, 5) is 13.2. The molecule has 0 saturated carbocycles. The number of carbonyl (C=O) groups excluding carboxylic acids is 1. The van der Waals surface area contributed by atoms with Crippen molar-refractivity contribution >= 4 is 30.1 Å². The topological polar surface area (TPSA) is 55.1 Å². The van der Waals surface area contributed by atoms with E-state index in [0.29, 0.717) is 12.3 Å². The summed E-state index contributed by atoms with van der Waals surface area (Å²) in [5.41, 5.74) is 7.00. The standard InChI is InChI=1S/C16H26N2OS.ClH/c1-5-20-14-8-6-13(7-9-14)12(4)18-16(19)15(17)10-11(2)3;/h6-9,11-12,15H,5,10,17H2,1-4H3,(H,18,19);1H/t12?,15-;/m0./s1. The number of nitrogens with one attached hydrogen (secondary N) is 1. The second-order valence-electron chi connectivity index (χ2n) is 5.47. The van der Waals surface area contributed by atoms with Crippen molar-refractivity contribution in [2.75, 3.05) is 5.75 Å². The molecule has 0 bridgehead atoms. The van der Waals surface area contributed by atoms with Crippen molar-refractivity contribution in [1.29, 1.82) is 0 Å². The van der Waals surface area contributed by atoms with Gasteiger partial charge in [0.25, 0.3) is 0 Å². The second-order valence-corrected chi connectivity index (χ2v) is 6.81. The first kappa shape index (κ1) is 20.3. The molecule has 120 valence electrons. The average Bonchev–Trinajstić information content (AvgIpc) is 2.39. The van der Waals surface area contributed by atoms with E-state index in [1.807, 2.05) is 18.7 Å². The Morgan fingerprint density at radius 2 is 1.81 bits per heavy atom. The Kier molecular flexibility index (Phi) is 9.75. The first-order valence-corrected chi connectivity index (χ1v) is 8.21. The number of nitrogens with two attached hydrogens (primary N) is 1. The van der Waals surface area contributed by atoms with Crippen LogP contribution in [0.2, 0.25) is 0 Å². The lowest BCUT2D eigenvalue weighted by Crippen LogP contribution is -2.42. The van der Waals surface area contributed by atoms with E-state index in [1.165, 1.54) is 4.90 Å². The maximum atomic E-state index is 12.0. The third-order valence-electron chi connectivity index (χ3n) is 3.11. The molecule has 1 unspecified atom stereocenters. The van der Waals surface area contributed by atoms with E-state index in [2.05, 4.69) is 50.4 Å². The van der Waals surface area contributed by atoms with Crippen LogP contribution in [-0.4, -0.2) is 17.7 Å². The van der Waals surface area contributed by atoms with Gasteiger partial charge in [0.1, 0.15) is 0 Å². The minimum Gasteiger partial charge on any atom is -0.348 e. The van der Waals surface area contributed by atoms with Gasteiger partial charge in [0.2, 0.25) is 5.91 Å². The molecule has 1 rings (SSSR count).